The minimum absolute atomic E-state index is 0.0735. The summed E-state index contributed by atoms with van der Waals surface area (Å²) in [7, 11) is 2.04. The van der Waals surface area contributed by atoms with Crippen LogP contribution in [-0.4, -0.2) is 9.55 Å². The van der Waals surface area contributed by atoms with Crippen molar-refractivity contribution in [3.8, 4) is 0 Å². The van der Waals surface area contributed by atoms with Crippen LogP contribution in [0, 0.1) is 0 Å². The van der Waals surface area contributed by atoms with Crippen LogP contribution in [0.2, 0.25) is 0 Å². The van der Waals surface area contributed by atoms with Crippen molar-refractivity contribution >= 4 is 6.08 Å². The Balaban J connectivity index is 2.68. The summed E-state index contributed by atoms with van der Waals surface area (Å²) in [6, 6.07) is 0. The smallest absolute Gasteiger partial charge is 0.0953 e. The van der Waals surface area contributed by atoms with Crippen molar-refractivity contribution in [3.63, 3.8) is 0 Å². The molecule has 0 aromatic carbocycles. The molecule has 0 N–H and O–H groups in total. The second kappa shape index (κ2) is 2.59. The van der Waals surface area contributed by atoms with Crippen LogP contribution in [0.25, 0.3) is 6.08 Å². The van der Waals surface area contributed by atoms with Gasteiger partial charge < -0.3 is 4.57 Å². The first-order valence-electron chi connectivity index (χ1n) is 4.49. The van der Waals surface area contributed by atoms with Crippen LogP contribution in [0.5, 0.6) is 0 Å². The zero-order valence-corrected chi connectivity index (χ0v) is 8.28. The van der Waals surface area contributed by atoms with Crippen molar-refractivity contribution in [2.24, 2.45) is 7.05 Å². The molecule has 1 aliphatic rings. The highest BCUT2D eigenvalue weighted by Gasteiger charge is 2.24. The van der Waals surface area contributed by atoms with E-state index in [1.807, 2.05) is 19.5 Å². The second-order valence-electron chi connectivity index (χ2n) is 4.03. The Morgan fingerprint density at radius 2 is 2.08 bits per heavy atom. The maximum atomic E-state index is 4.35. The Morgan fingerprint density at radius 3 is 2.85 bits per heavy atom. The average Bonchev–Trinajstić information content (AvgIpc) is 2.34. The van der Waals surface area contributed by atoms with E-state index in [2.05, 4.69) is 41.6 Å². The predicted molar refractivity (Wildman–Crippen MR) is 54.4 cm³/mol. The fourth-order valence-electron chi connectivity index (χ4n) is 1.88. The Hall–Kier alpha value is -1.31. The topological polar surface area (TPSA) is 17.8 Å². The number of allylic oxidation sites excluding steroid dienone is 3. The quantitative estimate of drug-likeness (QED) is 0.590. The van der Waals surface area contributed by atoms with Gasteiger partial charge in [0.1, 0.15) is 0 Å². The van der Waals surface area contributed by atoms with Crippen molar-refractivity contribution in [2.45, 2.75) is 19.3 Å². The Labute approximate surface area is 78.6 Å². The summed E-state index contributed by atoms with van der Waals surface area (Å²) in [6.45, 7) is 4.41. The molecule has 13 heavy (non-hydrogen) atoms. The van der Waals surface area contributed by atoms with E-state index in [1.165, 1.54) is 5.69 Å². The lowest BCUT2D eigenvalue weighted by molar-refractivity contribution is 0.607. The van der Waals surface area contributed by atoms with Gasteiger partial charge in [0.25, 0.3) is 0 Å². The van der Waals surface area contributed by atoms with E-state index in [1.54, 1.807) is 0 Å². The zero-order valence-electron chi connectivity index (χ0n) is 8.28. The molecule has 2 rings (SSSR count). The molecule has 2 nitrogen and oxygen atoms in total. The number of aromatic nitrogens is 2. The van der Waals surface area contributed by atoms with Gasteiger partial charge in [0.15, 0.2) is 0 Å². The zero-order chi connectivity index (χ0) is 9.47. The molecular weight excluding hydrogens is 160 g/mol. The first-order chi connectivity index (χ1) is 6.11. The summed E-state index contributed by atoms with van der Waals surface area (Å²) in [6.07, 6.45) is 10.3. The van der Waals surface area contributed by atoms with Crippen LogP contribution >= 0.6 is 0 Å². The van der Waals surface area contributed by atoms with Crippen molar-refractivity contribution in [2.75, 3.05) is 0 Å². The molecule has 0 aliphatic heterocycles. The van der Waals surface area contributed by atoms with Crippen molar-refractivity contribution in [1.29, 1.82) is 0 Å². The molecule has 1 aromatic heterocycles. The van der Waals surface area contributed by atoms with E-state index in [0.29, 0.717) is 0 Å². The van der Waals surface area contributed by atoms with Gasteiger partial charge in [0.05, 0.1) is 17.7 Å². The van der Waals surface area contributed by atoms with E-state index >= 15 is 0 Å². The normalized spacial score (nSPS) is 18.4. The number of hydrogen-bond acceptors (Lipinski definition) is 1. The number of rotatable bonds is 0. The summed E-state index contributed by atoms with van der Waals surface area (Å²) in [5.41, 5.74) is 2.43. The number of hydrogen-bond donors (Lipinski definition) is 0. The molecule has 1 aliphatic carbocycles. The molecule has 0 fully saturated rings. The van der Waals surface area contributed by atoms with Crippen LogP contribution in [-0.2, 0) is 12.5 Å². The first-order valence-corrected chi connectivity index (χ1v) is 4.49. The largest absolute Gasteiger partial charge is 0.336 e. The van der Waals surface area contributed by atoms with Crippen LogP contribution < -0.4 is 0 Å². The van der Waals surface area contributed by atoms with E-state index in [9.17, 15) is 0 Å². The molecule has 0 bridgehead atoms. The molecule has 68 valence electrons. The van der Waals surface area contributed by atoms with Gasteiger partial charge in [-0.2, -0.15) is 0 Å². The molecule has 1 aromatic rings. The van der Waals surface area contributed by atoms with Gasteiger partial charge in [0, 0.05) is 12.5 Å². The van der Waals surface area contributed by atoms with E-state index in [0.717, 1.165) is 5.69 Å². The Morgan fingerprint density at radius 1 is 1.31 bits per heavy atom. The van der Waals surface area contributed by atoms with Gasteiger partial charge in [-0.25, -0.2) is 4.98 Å². The molecule has 0 saturated heterocycles. The van der Waals surface area contributed by atoms with Crippen LogP contribution in [0.15, 0.2) is 24.6 Å². The average molecular weight is 174 g/mol. The van der Waals surface area contributed by atoms with Crippen LogP contribution in [0.1, 0.15) is 25.2 Å². The fourth-order valence-corrected chi connectivity index (χ4v) is 1.88. The molecular formula is C11H14N2. The van der Waals surface area contributed by atoms with Crippen LogP contribution in [0.4, 0.5) is 0 Å². The highest BCUT2D eigenvalue weighted by Crippen LogP contribution is 2.29. The van der Waals surface area contributed by atoms with Gasteiger partial charge in [0.2, 0.25) is 0 Å². The van der Waals surface area contributed by atoms with Crippen molar-refractivity contribution < 1.29 is 0 Å². The predicted octanol–water partition coefficient (Wildman–Crippen LogP) is 2.28. The van der Waals surface area contributed by atoms with Gasteiger partial charge in [-0.3, -0.25) is 0 Å². The number of fused-ring (bicyclic) bond motifs is 1. The molecule has 0 unspecified atom stereocenters. The minimum atomic E-state index is 0.0735. The van der Waals surface area contributed by atoms with Gasteiger partial charge in [-0.05, 0) is 6.08 Å². The minimum Gasteiger partial charge on any atom is -0.336 e. The molecule has 0 saturated carbocycles. The maximum absolute atomic E-state index is 4.35. The van der Waals surface area contributed by atoms with E-state index in [4.69, 9.17) is 0 Å². The molecule has 0 atom stereocenters. The lowest BCUT2D eigenvalue weighted by Gasteiger charge is -2.21. The summed E-state index contributed by atoms with van der Waals surface area (Å²) in [4.78, 5) is 4.35. The molecule has 0 radical (unpaired) electrons. The number of aryl methyl sites for hydroxylation is 1. The molecule has 0 spiro atoms. The van der Waals surface area contributed by atoms with Gasteiger partial charge >= 0.3 is 0 Å². The Kier molecular flexibility index (Phi) is 1.65. The van der Waals surface area contributed by atoms with E-state index in [-0.39, 0.29) is 5.41 Å². The number of nitrogens with zero attached hydrogens (tertiary/aromatic N) is 2. The molecule has 1 heterocycles. The van der Waals surface area contributed by atoms with Crippen LogP contribution in [0.3, 0.4) is 0 Å². The first kappa shape index (κ1) is 8.30. The molecule has 2 heteroatoms. The fraction of sp³-hybridized carbons (Fsp3) is 0.364. The monoisotopic (exact) mass is 174 g/mol. The lowest BCUT2D eigenvalue weighted by Crippen LogP contribution is -2.18. The second-order valence-corrected chi connectivity index (χ2v) is 4.03. The maximum Gasteiger partial charge on any atom is 0.0953 e. The van der Waals surface area contributed by atoms with Crippen molar-refractivity contribution in [1.82, 2.24) is 9.55 Å². The van der Waals surface area contributed by atoms with Crippen molar-refractivity contribution in [3.05, 3.63) is 35.9 Å². The summed E-state index contributed by atoms with van der Waals surface area (Å²) < 4.78 is 2.09. The standard InChI is InChI=1S/C11H14N2/c1-11(2)7-5-4-6-9-10(11)13(3)8-12-9/h4-8H,1-3H3. The molecule has 0 amide bonds. The highest BCUT2D eigenvalue weighted by atomic mass is 15.0. The van der Waals surface area contributed by atoms with Gasteiger partial charge in [-0.15, -0.1) is 0 Å². The summed E-state index contributed by atoms with van der Waals surface area (Å²) in [5.74, 6) is 0. The third-order valence-corrected chi connectivity index (χ3v) is 2.45. The summed E-state index contributed by atoms with van der Waals surface area (Å²) in [5, 5.41) is 0. The lowest BCUT2D eigenvalue weighted by atomic mass is 9.88. The highest BCUT2D eigenvalue weighted by molar-refractivity contribution is 5.55. The SMILES string of the molecule is Cn1cnc2c1C(C)(C)C=CC=C2. The van der Waals surface area contributed by atoms with E-state index < -0.39 is 0 Å². The Bertz CT molecular complexity index is 381. The third kappa shape index (κ3) is 1.22. The number of imidazole rings is 1. The summed E-state index contributed by atoms with van der Waals surface area (Å²) >= 11 is 0. The third-order valence-electron chi connectivity index (χ3n) is 2.45. The van der Waals surface area contributed by atoms with Gasteiger partial charge in [-0.1, -0.05) is 32.1 Å².